The maximum Gasteiger partial charge on any atom is 0.227 e. The Hall–Kier alpha value is -2.83. The van der Waals surface area contributed by atoms with Gasteiger partial charge in [-0.3, -0.25) is 4.79 Å². The number of carbonyl (C=O) groups is 1. The molecule has 0 aliphatic rings. The second-order valence-corrected chi connectivity index (χ2v) is 7.02. The van der Waals surface area contributed by atoms with Crippen LogP contribution in [0, 0.1) is 12.3 Å². The lowest BCUT2D eigenvalue weighted by atomic mass is 9.92. The Balaban J connectivity index is 2.02. The van der Waals surface area contributed by atoms with Crippen molar-refractivity contribution in [3.05, 3.63) is 41.8 Å². The number of aliphatic imine (C=N–C) groups is 1. The lowest BCUT2D eigenvalue weighted by Gasteiger charge is -2.24. The zero-order valence-electron chi connectivity index (χ0n) is 16.7. The van der Waals surface area contributed by atoms with Crippen LogP contribution in [0.3, 0.4) is 0 Å². The van der Waals surface area contributed by atoms with Crippen molar-refractivity contribution in [2.75, 3.05) is 20.1 Å². The fourth-order valence-corrected chi connectivity index (χ4v) is 2.43. The molecule has 0 saturated carbocycles. The summed E-state index contributed by atoms with van der Waals surface area (Å²) in [6.07, 6.45) is 1.62. The normalized spacial score (nSPS) is 12.0. The molecule has 2 rings (SSSR count). The minimum Gasteiger partial charge on any atom is -0.444 e. The third-order valence-corrected chi connectivity index (χ3v) is 4.13. The summed E-state index contributed by atoms with van der Waals surface area (Å²) < 4.78 is 5.57. The summed E-state index contributed by atoms with van der Waals surface area (Å²) in [6, 6.07) is 8.03. The van der Waals surface area contributed by atoms with Gasteiger partial charge in [0.1, 0.15) is 12.0 Å². The van der Waals surface area contributed by atoms with Gasteiger partial charge in [0.2, 0.25) is 11.8 Å². The van der Waals surface area contributed by atoms with E-state index in [1.165, 1.54) is 5.56 Å². The van der Waals surface area contributed by atoms with Crippen molar-refractivity contribution in [3.63, 3.8) is 0 Å². The molecule has 2 aromatic rings. The Morgan fingerprint density at radius 2 is 1.93 bits per heavy atom. The number of guanidine groups is 1. The second kappa shape index (κ2) is 9.21. The van der Waals surface area contributed by atoms with E-state index in [0.717, 1.165) is 17.8 Å². The summed E-state index contributed by atoms with van der Waals surface area (Å²) in [5.41, 5.74) is 2.33. The van der Waals surface area contributed by atoms with Gasteiger partial charge in [0, 0.05) is 25.7 Å². The van der Waals surface area contributed by atoms with Crippen LogP contribution in [0.1, 0.15) is 32.0 Å². The first-order valence-electron chi connectivity index (χ1n) is 9.11. The van der Waals surface area contributed by atoms with Crippen molar-refractivity contribution in [2.45, 2.75) is 34.2 Å². The van der Waals surface area contributed by atoms with E-state index in [4.69, 9.17) is 4.42 Å². The minimum absolute atomic E-state index is 0.0231. The molecule has 0 atom stereocenters. The van der Waals surface area contributed by atoms with Gasteiger partial charge in [0.05, 0.1) is 12.0 Å². The summed E-state index contributed by atoms with van der Waals surface area (Å²) in [7, 11) is 1.64. The van der Waals surface area contributed by atoms with Crippen molar-refractivity contribution >= 4 is 11.9 Å². The zero-order chi connectivity index (χ0) is 19.9. The predicted octanol–water partition coefficient (Wildman–Crippen LogP) is 2.48. The Bertz CT molecular complexity index is 778. The summed E-state index contributed by atoms with van der Waals surface area (Å²) in [5.74, 6) is 1.19. The number of hydrogen-bond donors (Lipinski definition) is 3. The van der Waals surface area contributed by atoms with Gasteiger partial charge in [0.25, 0.3) is 0 Å². The largest absolute Gasteiger partial charge is 0.444 e. The van der Waals surface area contributed by atoms with Gasteiger partial charge in [-0.05, 0) is 39.8 Å². The first-order chi connectivity index (χ1) is 12.9. The smallest absolute Gasteiger partial charge is 0.227 e. The van der Waals surface area contributed by atoms with Crippen molar-refractivity contribution in [2.24, 2.45) is 10.4 Å². The summed E-state index contributed by atoms with van der Waals surface area (Å²) in [6.45, 7) is 9.37. The van der Waals surface area contributed by atoms with E-state index in [-0.39, 0.29) is 5.91 Å². The lowest BCUT2D eigenvalue weighted by molar-refractivity contribution is -0.128. The molecule has 0 saturated heterocycles. The summed E-state index contributed by atoms with van der Waals surface area (Å²) >= 11 is 0. The fourth-order valence-electron chi connectivity index (χ4n) is 2.43. The fraction of sp³-hybridized carbons (Fsp3) is 0.450. The van der Waals surface area contributed by atoms with E-state index >= 15 is 0 Å². The standard InChI is InChI=1S/C20H29N5O2/c1-6-22-19(24-13-20(3,4)18(26)21-5)23-11-16-12-27-17(25-16)15-9-7-14(2)8-10-15/h7-10,12H,6,11,13H2,1-5H3,(H,21,26)(H2,22,23,24). The molecule has 27 heavy (non-hydrogen) atoms. The molecule has 7 heteroatoms. The van der Waals surface area contributed by atoms with E-state index in [0.29, 0.717) is 24.9 Å². The Kier molecular flexibility index (Phi) is 6.98. The molecule has 1 aromatic heterocycles. The van der Waals surface area contributed by atoms with Gasteiger partial charge in [-0.15, -0.1) is 0 Å². The van der Waals surface area contributed by atoms with Crippen LogP contribution < -0.4 is 16.0 Å². The number of rotatable bonds is 7. The van der Waals surface area contributed by atoms with Gasteiger partial charge in [-0.25, -0.2) is 9.98 Å². The summed E-state index contributed by atoms with van der Waals surface area (Å²) in [4.78, 5) is 20.9. The van der Waals surface area contributed by atoms with Crippen LogP contribution in [-0.4, -0.2) is 37.0 Å². The molecule has 0 spiro atoms. The monoisotopic (exact) mass is 371 g/mol. The number of nitrogens with one attached hydrogen (secondary N) is 3. The molecule has 3 N–H and O–H groups in total. The van der Waals surface area contributed by atoms with Crippen LogP contribution in [0.25, 0.3) is 11.5 Å². The molecule has 0 radical (unpaired) electrons. The van der Waals surface area contributed by atoms with Crippen molar-refractivity contribution < 1.29 is 9.21 Å². The molecule has 1 amide bonds. The van der Waals surface area contributed by atoms with E-state index in [2.05, 4.69) is 25.9 Å². The molecule has 0 unspecified atom stereocenters. The number of carbonyl (C=O) groups excluding carboxylic acids is 1. The van der Waals surface area contributed by atoms with Crippen LogP contribution in [0.15, 0.2) is 39.9 Å². The third kappa shape index (κ3) is 5.84. The maximum atomic E-state index is 11.9. The Morgan fingerprint density at radius 3 is 2.56 bits per heavy atom. The molecule has 7 nitrogen and oxygen atoms in total. The first-order valence-corrected chi connectivity index (χ1v) is 9.11. The Morgan fingerprint density at radius 1 is 1.22 bits per heavy atom. The maximum absolute atomic E-state index is 11.9. The number of nitrogens with zero attached hydrogens (tertiary/aromatic N) is 2. The highest BCUT2D eigenvalue weighted by atomic mass is 16.3. The molecule has 1 aromatic carbocycles. The number of oxazole rings is 1. The number of aromatic nitrogens is 1. The zero-order valence-corrected chi connectivity index (χ0v) is 16.7. The van der Waals surface area contributed by atoms with Gasteiger partial charge >= 0.3 is 0 Å². The predicted molar refractivity (Wildman–Crippen MR) is 107 cm³/mol. The quantitative estimate of drug-likeness (QED) is 0.514. The molecular weight excluding hydrogens is 342 g/mol. The van der Waals surface area contributed by atoms with Crippen LogP contribution in [0.2, 0.25) is 0 Å². The highest BCUT2D eigenvalue weighted by Gasteiger charge is 2.26. The van der Waals surface area contributed by atoms with Crippen LogP contribution >= 0.6 is 0 Å². The van der Waals surface area contributed by atoms with E-state index in [1.54, 1.807) is 13.3 Å². The first kappa shape index (κ1) is 20.5. The van der Waals surface area contributed by atoms with Crippen molar-refractivity contribution in [1.82, 2.24) is 20.9 Å². The van der Waals surface area contributed by atoms with E-state index < -0.39 is 5.41 Å². The number of benzene rings is 1. The molecule has 1 heterocycles. The molecule has 0 aliphatic heterocycles. The van der Waals surface area contributed by atoms with Gasteiger partial charge in [-0.1, -0.05) is 17.7 Å². The molecule has 0 bridgehead atoms. The number of hydrogen-bond acceptors (Lipinski definition) is 4. The SMILES string of the molecule is CCNC(=NCc1coc(-c2ccc(C)cc2)n1)NCC(C)(C)C(=O)NC. The van der Waals surface area contributed by atoms with Gasteiger partial charge < -0.3 is 20.4 Å². The molecule has 146 valence electrons. The van der Waals surface area contributed by atoms with Crippen LogP contribution in [0.5, 0.6) is 0 Å². The second-order valence-electron chi connectivity index (χ2n) is 7.02. The number of amides is 1. The minimum atomic E-state index is -0.544. The average Bonchev–Trinajstić information content (AvgIpc) is 3.13. The highest BCUT2D eigenvalue weighted by Crippen LogP contribution is 2.19. The topological polar surface area (TPSA) is 91.6 Å². The number of aryl methyl sites for hydroxylation is 1. The van der Waals surface area contributed by atoms with Crippen molar-refractivity contribution in [1.29, 1.82) is 0 Å². The third-order valence-electron chi connectivity index (χ3n) is 4.13. The van der Waals surface area contributed by atoms with E-state index in [1.807, 2.05) is 52.0 Å². The molecule has 0 aliphatic carbocycles. The average molecular weight is 371 g/mol. The van der Waals surface area contributed by atoms with Crippen LogP contribution in [0.4, 0.5) is 0 Å². The van der Waals surface area contributed by atoms with Crippen molar-refractivity contribution in [3.8, 4) is 11.5 Å². The summed E-state index contributed by atoms with van der Waals surface area (Å²) in [5, 5.41) is 9.07. The molecular formula is C20H29N5O2. The lowest BCUT2D eigenvalue weighted by Crippen LogP contribution is -2.47. The van der Waals surface area contributed by atoms with Crippen LogP contribution in [-0.2, 0) is 11.3 Å². The van der Waals surface area contributed by atoms with E-state index in [9.17, 15) is 4.79 Å². The Labute approximate surface area is 160 Å². The highest BCUT2D eigenvalue weighted by molar-refractivity contribution is 5.84. The van der Waals surface area contributed by atoms with Gasteiger partial charge in [0.15, 0.2) is 5.96 Å². The van der Waals surface area contributed by atoms with Gasteiger partial charge in [-0.2, -0.15) is 0 Å². The molecule has 0 fully saturated rings.